The second-order valence-electron chi connectivity index (χ2n) is 5.01. The van der Waals surface area contributed by atoms with Crippen molar-refractivity contribution in [2.24, 2.45) is 9.98 Å². The smallest absolute Gasteiger partial charge is 0.218 e. The number of halogens is 1. The summed E-state index contributed by atoms with van der Waals surface area (Å²) in [5, 5.41) is 0.720. The zero-order valence-electron chi connectivity index (χ0n) is 12.6. The molecule has 4 heteroatoms. The summed E-state index contributed by atoms with van der Waals surface area (Å²) < 4.78 is 5.22. The summed E-state index contributed by atoms with van der Waals surface area (Å²) >= 11 is 5.86. The topological polar surface area (TPSA) is 37.9 Å². The normalized spacial score (nSPS) is 12.0. The molecule has 3 rings (SSSR count). The minimum atomic E-state index is 0.604. The fourth-order valence-corrected chi connectivity index (χ4v) is 2.18. The van der Waals surface area contributed by atoms with Gasteiger partial charge < -0.3 is 4.42 Å². The molecule has 0 bridgehead atoms. The van der Waals surface area contributed by atoms with E-state index in [0.29, 0.717) is 5.88 Å². The number of aliphatic imine (C=N–C) groups is 2. The molecule has 0 N–H and O–H groups in total. The van der Waals surface area contributed by atoms with Crippen molar-refractivity contribution >= 4 is 35.1 Å². The molecule has 23 heavy (non-hydrogen) atoms. The lowest BCUT2D eigenvalue weighted by molar-refractivity contribution is 0.578. The lowest BCUT2D eigenvalue weighted by Gasteiger charge is -2.01. The highest BCUT2D eigenvalue weighted by Gasteiger charge is 1.99. The van der Waals surface area contributed by atoms with Gasteiger partial charge in [0.1, 0.15) is 0 Å². The lowest BCUT2D eigenvalue weighted by Crippen LogP contribution is -1.92. The summed E-state index contributed by atoms with van der Waals surface area (Å²) in [6, 6.07) is 19.1. The van der Waals surface area contributed by atoms with Gasteiger partial charge in [-0.05, 0) is 48.4 Å². The van der Waals surface area contributed by atoms with E-state index in [1.807, 2.05) is 73.8 Å². The van der Waals surface area contributed by atoms with Crippen LogP contribution in [0.2, 0.25) is 5.02 Å². The first-order valence-electron chi connectivity index (χ1n) is 7.19. The van der Waals surface area contributed by atoms with Crippen LogP contribution < -0.4 is 0 Å². The molecule has 0 saturated carbocycles. The van der Waals surface area contributed by atoms with Crippen molar-refractivity contribution in [3.8, 4) is 0 Å². The van der Waals surface area contributed by atoms with Gasteiger partial charge in [0.2, 0.25) is 5.88 Å². The van der Waals surface area contributed by atoms with Crippen LogP contribution in [-0.4, -0.2) is 11.9 Å². The van der Waals surface area contributed by atoms with Crippen LogP contribution in [0.5, 0.6) is 0 Å². The number of rotatable bonds is 4. The van der Waals surface area contributed by atoms with Gasteiger partial charge in [-0.15, -0.1) is 0 Å². The zero-order valence-corrected chi connectivity index (χ0v) is 13.4. The maximum absolute atomic E-state index is 5.86. The minimum absolute atomic E-state index is 0.604. The lowest BCUT2D eigenvalue weighted by atomic mass is 10.1. The maximum Gasteiger partial charge on any atom is 0.218 e. The predicted molar refractivity (Wildman–Crippen MR) is 95.7 cm³/mol. The van der Waals surface area contributed by atoms with E-state index in [1.54, 1.807) is 6.26 Å². The highest BCUT2D eigenvalue weighted by Crippen LogP contribution is 2.17. The Balaban J connectivity index is 1.73. The molecule has 0 aliphatic heterocycles. The molecular formula is C19H15ClN2O. The van der Waals surface area contributed by atoms with E-state index in [9.17, 15) is 0 Å². The Bertz CT molecular complexity index is 817. The van der Waals surface area contributed by atoms with Gasteiger partial charge in [0, 0.05) is 23.0 Å². The quantitative estimate of drug-likeness (QED) is 0.557. The van der Waals surface area contributed by atoms with Crippen LogP contribution in [0, 0.1) is 0 Å². The third-order valence-corrected chi connectivity index (χ3v) is 3.55. The molecule has 2 aromatic carbocycles. The van der Waals surface area contributed by atoms with Crippen LogP contribution in [0.25, 0.3) is 0 Å². The summed E-state index contributed by atoms with van der Waals surface area (Å²) in [4.78, 5) is 8.88. The van der Waals surface area contributed by atoms with Crippen LogP contribution in [0.1, 0.15) is 18.1 Å². The summed E-state index contributed by atoms with van der Waals surface area (Å²) in [5.41, 5.74) is 3.82. The summed E-state index contributed by atoms with van der Waals surface area (Å²) in [5.74, 6) is 0.604. The fourth-order valence-electron chi connectivity index (χ4n) is 2.05. The number of nitrogens with zero attached hydrogens (tertiary/aromatic N) is 2. The molecule has 0 saturated heterocycles. The molecule has 0 atom stereocenters. The van der Waals surface area contributed by atoms with E-state index in [-0.39, 0.29) is 0 Å². The molecule has 3 aromatic rings. The third-order valence-electron chi connectivity index (χ3n) is 3.30. The Hall–Kier alpha value is -2.65. The monoisotopic (exact) mass is 322 g/mol. The van der Waals surface area contributed by atoms with Crippen molar-refractivity contribution in [3.05, 3.63) is 83.1 Å². The van der Waals surface area contributed by atoms with Crippen LogP contribution in [0.4, 0.5) is 11.6 Å². The zero-order chi connectivity index (χ0) is 16.1. The number of benzene rings is 2. The SMILES string of the molecule is C/C(=N/c1ccco1)c1ccc(N=Cc2ccc(Cl)cc2)cc1. The highest BCUT2D eigenvalue weighted by molar-refractivity contribution is 6.30. The average molecular weight is 323 g/mol. The standard InChI is InChI=1S/C19H15ClN2O/c1-14(22-19-3-2-12-23-19)16-6-10-18(11-7-16)21-13-15-4-8-17(20)9-5-15/h2-13H,1H3/b21-13?,22-14-. The molecule has 0 amide bonds. The number of hydrogen-bond donors (Lipinski definition) is 0. The predicted octanol–water partition coefficient (Wildman–Crippen LogP) is 5.82. The van der Waals surface area contributed by atoms with E-state index in [2.05, 4.69) is 9.98 Å². The van der Waals surface area contributed by atoms with Gasteiger partial charge in [0.05, 0.1) is 12.0 Å². The molecule has 3 nitrogen and oxygen atoms in total. The first-order chi connectivity index (χ1) is 11.2. The maximum atomic E-state index is 5.86. The molecule has 0 aliphatic rings. The molecule has 1 heterocycles. The Kier molecular flexibility index (Phi) is 4.69. The molecule has 0 aliphatic carbocycles. The van der Waals surface area contributed by atoms with Crippen molar-refractivity contribution < 1.29 is 4.42 Å². The Morgan fingerprint density at radius 1 is 1.00 bits per heavy atom. The van der Waals surface area contributed by atoms with Crippen molar-refractivity contribution in [1.82, 2.24) is 0 Å². The molecule has 0 fully saturated rings. The number of furan rings is 1. The van der Waals surface area contributed by atoms with E-state index in [0.717, 1.165) is 27.5 Å². The van der Waals surface area contributed by atoms with Crippen LogP contribution in [0.3, 0.4) is 0 Å². The Morgan fingerprint density at radius 3 is 2.39 bits per heavy atom. The van der Waals surface area contributed by atoms with Crippen molar-refractivity contribution in [3.63, 3.8) is 0 Å². The highest BCUT2D eigenvalue weighted by atomic mass is 35.5. The summed E-state index contributed by atoms with van der Waals surface area (Å²) in [6.45, 7) is 1.95. The Morgan fingerprint density at radius 2 is 1.74 bits per heavy atom. The van der Waals surface area contributed by atoms with E-state index in [4.69, 9.17) is 16.0 Å². The van der Waals surface area contributed by atoms with Crippen molar-refractivity contribution in [1.29, 1.82) is 0 Å². The first-order valence-corrected chi connectivity index (χ1v) is 7.57. The summed E-state index contributed by atoms with van der Waals surface area (Å²) in [7, 11) is 0. The minimum Gasteiger partial charge on any atom is -0.447 e. The van der Waals surface area contributed by atoms with Crippen molar-refractivity contribution in [2.75, 3.05) is 0 Å². The third kappa shape index (κ3) is 4.18. The summed E-state index contributed by atoms with van der Waals surface area (Å²) in [6.07, 6.45) is 3.43. The van der Waals surface area contributed by atoms with Crippen molar-refractivity contribution in [2.45, 2.75) is 6.92 Å². The fraction of sp³-hybridized carbons (Fsp3) is 0.0526. The largest absolute Gasteiger partial charge is 0.447 e. The van der Waals surface area contributed by atoms with Crippen LogP contribution >= 0.6 is 11.6 Å². The second kappa shape index (κ2) is 7.07. The molecule has 0 unspecified atom stereocenters. The van der Waals surface area contributed by atoms with E-state index in [1.165, 1.54) is 0 Å². The van der Waals surface area contributed by atoms with Gasteiger partial charge in [-0.2, -0.15) is 0 Å². The first kappa shape index (κ1) is 15.3. The molecule has 0 radical (unpaired) electrons. The second-order valence-corrected chi connectivity index (χ2v) is 5.44. The number of hydrogen-bond acceptors (Lipinski definition) is 3. The van der Waals surface area contributed by atoms with E-state index < -0.39 is 0 Å². The van der Waals surface area contributed by atoms with Gasteiger partial charge in [0.15, 0.2) is 0 Å². The molecule has 114 valence electrons. The van der Waals surface area contributed by atoms with Gasteiger partial charge in [0.25, 0.3) is 0 Å². The van der Waals surface area contributed by atoms with Crippen LogP contribution in [-0.2, 0) is 0 Å². The van der Waals surface area contributed by atoms with Crippen LogP contribution in [0.15, 0.2) is 81.3 Å². The van der Waals surface area contributed by atoms with Gasteiger partial charge in [-0.3, -0.25) is 4.99 Å². The van der Waals surface area contributed by atoms with Gasteiger partial charge >= 0.3 is 0 Å². The van der Waals surface area contributed by atoms with Gasteiger partial charge in [-0.25, -0.2) is 4.99 Å². The molecule has 0 spiro atoms. The molecular weight excluding hydrogens is 308 g/mol. The van der Waals surface area contributed by atoms with E-state index >= 15 is 0 Å². The average Bonchev–Trinajstić information content (AvgIpc) is 3.08. The Labute approximate surface area is 140 Å². The molecule has 1 aromatic heterocycles. The van der Waals surface area contributed by atoms with Gasteiger partial charge in [-0.1, -0.05) is 35.9 Å².